The van der Waals surface area contributed by atoms with Gasteiger partial charge in [-0.25, -0.2) is 4.79 Å². The molecule has 3 rings (SSSR count). The molecule has 0 aromatic heterocycles. The zero-order valence-corrected chi connectivity index (χ0v) is 14.9. The SMILES string of the molecule is CC1=CCCC(C)=CC(O)C2(C(C)C)CCC(=CCC1)C(=O)O2. The molecule has 1 N–H and O–H groups in total. The van der Waals surface area contributed by atoms with E-state index in [1.165, 1.54) is 5.57 Å². The van der Waals surface area contributed by atoms with Crippen LogP contribution >= 0.6 is 0 Å². The molecule has 0 aromatic carbocycles. The quantitative estimate of drug-likeness (QED) is 0.573. The fourth-order valence-electron chi connectivity index (χ4n) is 3.48. The fraction of sp³-hybridized carbons (Fsp3) is 0.650. The first kappa shape index (κ1) is 18.0. The molecular weight excluding hydrogens is 288 g/mol. The molecule has 0 radical (unpaired) electrons. The summed E-state index contributed by atoms with van der Waals surface area (Å²) in [7, 11) is 0. The molecule has 3 aliphatic rings. The lowest BCUT2D eigenvalue weighted by Crippen LogP contribution is -2.52. The van der Waals surface area contributed by atoms with Crippen molar-refractivity contribution in [3.8, 4) is 0 Å². The molecule has 1 saturated heterocycles. The predicted octanol–water partition coefficient (Wildman–Crippen LogP) is 4.47. The van der Waals surface area contributed by atoms with Crippen LogP contribution in [0.1, 0.15) is 66.2 Å². The molecule has 0 saturated carbocycles. The molecule has 23 heavy (non-hydrogen) atoms. The van der Waals surface area contributed by atoms with Gasteiger partial charge in [-0.1, -0.05) is 43.2 Å². The number of hydrogen-bond acceptors (Lipinski definition) is 3. The maximum atomic E-state index is 12.4. The highest BCUT2D eigenvalue weighted by Crippen LogP contribution is 2.39. The van der Waals surface area contributed by atoms with E-state index in [4.69, 9.17) is 4.74 Å². The number of hydrogen-bond donors (Lipinski definition) is 1. The smallest absolute Gasteiger partial charge is 0.334 e. The van der Waals surface area contributed by atoms with Crippen LogP contribution in [0.25, 0.3) is 0 Å². The van der Waals surface area contributed by atoms with Gasteiger partial charge in [-0.05, 0) is 58.3 Å². The lowest BCUT2D eigenvalue weighted by Gasteiger charge is -2.43. The molecule has 1 fully saturated rings. The Hall–Kier alpha value is -1.35. The first-order valence-corrected chi connectivity index (χ1v) is 8.78. The van der Waals surface area contributed by atoms with E-state index < -0.39 is 11.7 Å². The zero-order valence-electron chi connectivity index (χ0n) is 14.9. The van der Waals surface area contributed by atoms with Gasteiger partial charge in [0.25, 0.3) is 0 Å². The summed E-state index contributed by atoms with van der Waals surface area (Å²) in [4.78, 5) is 12.4. The second kappa shape index (κ2) is 7.48. The second-order valence-electron chi connectivity index (χ2n) is 7.31. The van der Waals surface area contributed by atoms with Crippen LogP contribution in [-0.4, -0.2) is 22.8 Å². The molecule has 2 bridgehead atoms. The van der Waals surface area contributed by atoms with Crippen LogP contribution in [0.15, 0.2) is 34.9 Å². The summed E-state index contributed by atoms with van der Waals surface area (Å²) < 4.78 is 5.81. The Morgan fingerprint density at radius 3 is 2.43 bits per heavy atom. The van der Waals surface area contributed by atoms with Gasteiger partial charge in [0.1, 0.15) is 11.7 Å². The fourth-order valence-corrected chi connectivity index (χ4v) is 3.48. The van der Waals surface area contributed by atoms with Crippen LogP contribution in [0.5, 0.6) is 0 Å². The molecule has 128 valence electrons. The molecule has 0 spiro atoms. The number of allylic oxidation sites excluding steroid dienone is 4. The number of ether oxygens (including phenoxy) is 1. The Kier molecular flexibility index (Phi) is 5.85. The minimum atomic E-state index is -0.800. The molecule has 1 aliphatic carbocycles. The third-order valence-corrected chi connectivity index (χ3v) is 5.21. The predicted molar refractivity (Wildman–Crippen MR) is 93.0 cm³/mol. The number of esters is 1. The van der Waals surface area contributed by atoms with Crippen molar-refractivity contribution in [2.45, 2.75) is 77.9 Å². The van der Waals surface area contributed by atoms with Gasteiger partial charge in [0.15, 0.2) is 0 Å². The van der Waals surface area contributed by atoms with Gasteiger partial charge in [0.2, 0.25) is 0 Å². The van der Waals surface area contributed by atoms with Crippen molar-refractivity contribution < 1.29 is 14.6 Å². The van der Waals surface area contributed by atoms with E-state index in [1.807, 2.05) is 32.9 Å². The van der Waals surface area contributed by atoms with Crippen molar-refractivity contribution >= 4 is 5.97 Å². The van der Waals surface area contributed by atoms with Gasteiger partial charge in [-0.2, -0.15) is 0 Å². The van der Waals surface area contributed by atoms with Crippen LogP contribution in [0.3, 0.4) is 0 Å². The largest absolute Gasteiger partial charge is 0.452 e. The Labute approximate surface area is 140 Å². The number of carbonyl (C=O) groups is 1. The van der Waals surface area contributed by atoms with Gasteiger partial charge in [0, 0.05) is 5.57 Å². The standard InChI is InChI=1S/C20H30O3/c1-14(2)20-12-11-17(19(22)23-20)10-6-8-15(3)7-5-9-16(4)13-18(20)21/h7,10,13-14,18,21H,5-6,8-9,11-12H2,1-4H3. The first-order chi connectivity index (χ1) is 10.8. The van der Waals surface area contributed by atoms with Gasteiger partial charge in [-0.3, -0.25) is 0 Å². The summed E-state index contributed by atoms with van der Waals surface area (Å²) in [5, 5.41) is 10.8. The van der Waals surface area contributed by atoms with Crippen molar-refractivity contribution in [3.05, 3.63) is 34.9 Å². The summed E-state index contributed by atoms with van der Waals surface area (Å²) >= 11 is 0. The minimum Gasteiger partial charge on any atom is -0.452 e. The first-order valence-electron chi connectivity index (χ1n) is 8.78. The van der Waals surface area contributed by atoms with Crippen LogP contribution < -0.4 is 0 Å². The molecule has 0 aromatic rings. The summed E-state index contributed by atoms with van der Waals surface area (Å²) in [6, 6.07) is 0. The van der Waals surface area contributed by atoms with Crippen LogP contribution in [0, 0.1) is 5.92 Å². The third-order valence-electron chi connectivity index (χ3n) is 5.21. The highest BCUT2D eigenvalue weighted by Gasteiger charge is 2.47. The van der Waals surface area contributed by atoms with Crippen LogP contribution in [0.4, 0.5) is 0 Å². The van der Waals surface area contributed by atoms with E-state index in [1.54, 1.807) is 0 Å². The summed E-state index contributed by atoms with van der Waals surface area (Å²) in [5.41, 5.74) is 2.47. The number of rotatable bonds is 1. The summed E-state index contributed by atoms with van der Waals surface area (Å²) in [5.74, 6) is -0.184. The Morgan fingerprint density at radius 1 is 1.13 bits per heavy atom. The van der Waals surface area contributed by atoms with E-state index in [-0.39, 0.29) is 11.9 Å². The third kappa shape index (κ3) is 4.14. The van der Waals surface area contributed by atoms with Crippen molar-refractivity contribution in [3.63, 3.8) is 0 Å². The molecule has 2 unspecified atom stereocenters. The van der Waals surface area contributed by atoms with Crippen LogP contribution in [-0.2, 0) is 9.53 Å². The maximum absolute atomic E-state index is 12.4. The minimum absolute atomic E-state index is 0.0714. The normalized spacial score (nSPS) is 30.3. The molecule has 2 heterocycles. The lowest BCUT2D eigenvalue weighted by atomic mass is 9.77. The number of aliphatic hydroxyl groups is 1. The topological polar surface area (TPSA) is 46.5 Å². The highest BCUT2D eigenvalue weighted by atomic mass is 16.6. The van der Waals surface area contributed by atoms with Gasteiger partial charge < -0.3 is 9.84 Å². The van der Waals surface area contributed by atoms with Crippen molar-refractivity contribution in [2.24, 2.45) is 5.92 Å². The number of carbonyl (C=O) groups excluding carboxylic acids is 1. The second-order valence-corrected chi connectivity index (χ2v) is 7.31. The molecule has 0 amide bonds. The zero-order chi connectivity index (χ0) is 17.0. The number of fused-ring (bicyclic) bond motifs is 9. The van der Waals surface area contributed by atoms with Crippen molar-refractivity contribution in [1.82, 2.24) is 0 Å². The van der Waals surface area contributed by atoms with E-state index in [0.717, 1.165) is 36.8 Å². The molecule has 2 aliphatic heterocycles. The summed E-state index contributed by atoms with van der Waals surface area (Å²) in [6.45, 7) is 8.22. The van der Waals surface area contributed by atoms with Gasteiger partial charge in [-0.15, -0.1) is 0 Å². The maximum Gasteiger partial charge on any atom is 0.334 e. The van der Waals surface area contributed by atoms with E-state index >= 15 is 0 Å². The number of aliphatic hydroxyl groups excluding tert-OH is 1. The molecule has 3 nitrogen and oxygen atoms in total. The van der Waals surface area contributed by atoms with E-state index in [2.05, 4.69) is 13.0 Å². The van der Waals surface area contributed by atoms with Crippen LogP contribution in [0.2, 0.25) is 0 Å². The Morgan fingerprint density at radius 2 is 1.78 bits per heavy atom. The highest BCUT2D eigenvalue weighted by molar-refractivity contribution is 5.89. The summed E-state index contributed by atoms with van der Waals surface area (Å²) in [6.07, 6.45) is 10.6. The molecule has 3 heteroatoms. The average molecular weight is 318 g/mol. The van der Waals surface area contributed by atoms with E-state index in [0.29, 0.717) is 12.8 Å². The monoisotopic (exact) mass is 318 g/mol. The van der Waals surface area contributed by atoms with E-state index in [9.17, 15) is 9.90 Å². The van der Waals surface area contributed by atoms with Crippen molar-refractivity contribution in [1.29, 1.82) is 0 Å². The van der Waals surface area contributed by atoms with Crippen molar-refractivity contribution in [2.75, 3.05) is 0 Å². The molecule has 2 atom stereocenters. The Balaban J connectivity index is 2.36. The molecular formula is C20H30O3. The lowest BCUT2D eigenvalue weighted by molar-refractivity contribution is -0.181. The Bertz CT molecular complexity index is 539. The van der Waals surface area contributed by atoms with Gasteiger partial charge >= 0.3 is 5.97 Å². The average Bonchev–Trinajstić information content (AvgIpc) is 2.47. The van der Waals surface area contributed by atoms with Gasteiger partial charge in [0.05, 0.1) is 0 Å².